The minimum atomic E-state index is -0.201. The number of benzene rings is 1. The second kappa shape index (κ2) is 5.31. The van der Waals surface area contributed by atoms with Crippen molar-refractivity contribution in [2.45, 2.75) is 19.4 Å². The lowest BCUT2D eigenvalue weighted by atomic mass is 10.0. The van der Waals surface area contributed by atoms with Crippen LogP contribution >= 0.6 is 0 Å². The van der Waals surface area contributed by atoms with Crippen LogP contribution in [-0.2, 0) is 13.5 Å². The molecule has 0 radical (unpaired) electrons. The van der Waals surface area contributed by atoms with Crippen molar-refractivity contribution in [3.8, 4) is 0 Å². The van der Waals surface area contributed by atoms with Gasteiger partial charge in [-0.2, -0.15) is 5.10 Å². The van der Waals surface area contributed by atoms with Crippen LogP contribution in [0.3, 0.4) is 0 Å². The molecule has 0 fully saturated rings. The summed E-state index contributed by atoms with van der Waals surface area (Å²) >= 11 is 0. The Morgan fingerprint density at radius 1 is 1.33 bits per heavy atom. The molecule has 96 valence electrons. The molecule has 0 bridgehead atoms. The summed E-state index contributed by atoms with van der Waals surface area (Å²) in [5, 5.41) is 7.73. The van der Waals surface area contributed by atoms with Gasteiger partial charge in [0.25, 0.3) is 0 Å². The van der Waals surface area contributed by atoms with E-state index in [1.807, 2.05) is 37.8 Å². The summed E-state index contributed by atoms with van der Waals surface area (Å²) < 4.78 is 14.7. The maximum absolute atomic E-state index is 12.9. The van der Waals surface area contributed by atoms with Crippen LogP contribution < -0.4 is 5.32 Å². The Morgan fingerprint density at radius 2 is 2.00 bits per heavy atom. The Labute approximate surface area is 107 Å². The summed E-state index contributed by atoms with van der Waals surface area (Å²) in [6.45, 7) is 2.03. The van der Waals surface area contributed by atoms with E-state index in [2.05, 4.69) is 16.5 Å². The van der Waals surface area contributed by atoms with E-state index in [1.54, 1.807) is 0 Å². The molecule has 1 heterocycles. The standard InChI is InChI=1S/C14H18FN3/c1-10-8-14(17-18(10)3)13(16-2)9-11-4-6-12(15)7-5-11/h4-8,13,16H,9H2,1-3H3. The van der Waals surface area contributed by atoms with Gasteiger partial charge in [0.1, 0.15) is 5.82 Å². The molecule has 0 saturated carbocycles. The SMILES string of the molecule is CNC(Cc1ccc(F)cc1)c1cc(C)n(C)n1. The van der Waals surface area contributed by atoms with Gasteiger partial charge in [-0.15, -0.1) is 0 Å². The summed E-state index contributed by atoms with van der Waals surface area (Å²) in [6, 6.07) is 8.84. The molecule has 0 aliphatic heterocycles. The zero-order chi connectivity index (χ0) is 13.1. The second-order valence-electron chi connectivity index (χ2n) is 4.51. The molecule has 0 saturated heterocycles. The monoisotopic (exact) mass is 247 g/mol. The Kier molecular flexibility index (Phi) is 3.77. The van der Waals surface area contributed by atoms with Crippen molar-refractivity contribution < 1.29 is 4.39 Å². The second-order valence-corrected chi connectivity index (χ2v) is 4.51. The number of nitrogens with zero attached hydrogens (tertiary/aromatic N) is 2. The van der Waals surface area contributed by atoms with Crippen molar-refractivity contribution in [2.75, 3.05) is 7.05 Å². The van der Waals surface area contributed by atoms with Crippen molar-refractivity contribution in [1.29, 1.82) is 0 Å². The molecule has 1 aromatic carbocycles. The van der Waals surface area contributed by atoms with Gasteiger partial charge in [0.05, 0.1) is 11.7 Å². The highest BCUT2D eigenvalue weighted by Crippen LogP contribution is 2.18. The van der Waals surface area contributed by atoms with E-state index in [0.717, 1.165) is 23.4 Å². The van der Waals surface area contributed by atoms with E-state index in [-0.39, 0.29) is 11.9 Å². The molecule has 1 unspecified atom stereocenters. The summed E-state index contributed by atoms with van der Waals surface area (Å²) in [4.78, 5) is 0. The van der Waals surface area contributed by atoms with E-state index in [1.165, 1.54) is 12.1 Å². The van der Waals surface area contributed by atoms with E-state index >= 15 is 0 Å². The average Bonchev–Trinajstić information content (AvgIpc) is 2.69. The van der Waals surface area contributed by atoms with Crippen molar-refractivity contribution >= 4 is 0 Å². The van der Waals surface area contributed by atoms with Gasteiger partial charge >= 0.3 is 0 Å². The number of nitrogens with one attached hydrogen (secondary N) is 1. The van der Waals surface area contributed by atoms with Crippen LogP contribution in [-0.4, -0.2) is 16.8 Å². The number of aryl methyl sites for hydroxylation is 2. The molecule has 0 spiro atoms. The normalized spacial score (nSPS) is 12.7. The van der Waals surface area contributed by atoms with Crippen LogP contribution in [0, 0.1) is 12.7 Å². The number of halogens is 1. The topological polar surface area (TPSA) is 29.9 Å². The summed E-state index contributed by atoms with van der Waals surface area (Å²) in [5.74, 6) is -0.201. The molecule has 1 N–H and O–H groups in total. The van der Waals surface area contributed by atoms with Crippen molar-refractivity contribution in [3.05, 3.63) is 53.1 Å². The van der Waals surface area contributed by atoms with Gasteiger partial charge in [-0.1, -0.05) is 12.1 Å². The highest BCUT2D eigenvalue weighted by atomic mass is 19.1. The molecule has 3 nitrogen and oxygen atoms in total. The third kappa shape index (κ3) is 2.76. The fourth-order valence-electron chi connectivity index (χ4n) is 1.97. The molecule has 4 heteroatoms. The van der Waals surface area contributed by atoms with Gasteiger partial charge in [0, 0.05) is 12.7 Å². The number of hydrogen-bond donors (Lipinski definition) is 1. The molecule has 2 aromatic rings. The van der Waals surface area contributed by atoms with Gasteiger partial charge in [-0.3, -0.25) is 4.68 Å². The van der Waals surface area contributed by atoms with Gasteiger partial charge in [0.15, 0.2) is 0 Å². The van der Waals surface area contributed by atoms with Gasteiger partial charge in [0.2, 0.25) is 0 Å². The lowest BCUT2D eigenvalue weighted by Crippen LogP contribution is -2.19. The Morgan fingerprint density at radius 3 is 2.50 bits per heavy atom. The highest BCUT2D eigenvalue weighted by molar-refractivity contribution is 5.21. The van der Waals surface area contributed by atoms with Gasteiger partial charge in [-0.05, 0) is 44.2 Å². The average molecular weight is 247 g/mol. The predicted molar refractivity (Wildman–Crippen MR) is 69.8 cm³/mol. The first kappa shape index (κ1) is 12.8. The van der Waals surface area contributed by atoms with Crippen molar-refractivity contribution in [2.24, 2.45) is 7.05 Å². The number of rotatable bonds is 4. The predicted octanol–water partition coefficient (Wildman–Crippen LogP) is 2.37. The smallest absolute Gasteiger partial charge is 0.123 e. The van der Waals surface area contributed by atoms with Crippen LogP contribution in [0.1, 0.15) is 23.0 Å². The fourth-order valence-corrected chi connectivity index (χ4v) is 1.97. The summed E-state index contributed by atoms with van der Waals surface area (Å²) in [7, 11) is 3.85. The first-order chi connectivity index (χ1) is 8.60. The number of likely N-dealkylation sites (N-methyl/N-ethyl adjacent to an activating group) is 1. The van der Waals surface area contributed by atoms with Crippen LogP contribution in [0.4, 0.5) is 4.39 Å². The molecule has 0 amide bonds. The van der Waals surface area contributed by atoms with E-state index in [0.29, 0.717) is 0 Å². The lowest BCUT2D eigenvalue weighted by Gasteiger charge is -2.13. The van der Waals surface area contributed by atoms with Crippen LogP contribution in [0.2, 0.25) is 0 Å². The number of hydrogen-bond acceptors (Lipinski definition) is 2. The largest absolute Gasteiger partial charge is 0.311 e. The first-order valence-corrected chi connectivity index (χ1v) is 6.02. The van der Waals surface area contributed by atoms with Crippen LogP contribution in [0.15, 0.2) is 30.3 Å². The maximum atomic E-state index is 12.9. The van der Waals surface area contributed by atoms with Crippen LogP contribution in [0.25, 0.3) is 0 Å². The molecule has 2 rings (SSSR count). The third-order valence-corrected chi connectivity index (χ3v) is 3.19. The van der Waals surface area contributed by atoms with Crippen LogP contribution in [0.5, 0.6) is 0 Å². The highest BCUT2D eigenvalue weighted by Gasteiger charge is 2.14. The van der Waals surface area contributed by atoms with Crippen molar-refractivity contribution in [3.63, 3.8) is 0 Å². The molecule has 18 heavy (non-hydrogen) atoms. The minimum Gasteiger partial charge on any atom is -0.311 e. The van der Waals surface area contributed by atoms with E-state index in [4.69, 9.17) is 0 Å². The lowest BCUT2D eigenvalue weighted by molar-refractivity contribution is 0.560. The fraction of sp³-hybridized carbons (Fsp3) is 0.357. The molecule has 0 aliphatic rings. The van der Waals surface area contributed by atoms with Gasteiger partial charge in [-0.25, -0.2) is 4.39 Å². The zero-order valence-corrected chi connectivity index (χ0v) is 10.9. The zero-order valence-electron chi connectivity index (χ0n) is 10.9. The Hall–Kier alpha value is -1.68. The molecule has 1 aromatic heterocycles. The summed E-state index contributed by atoms with van der Waals surface area (Å²) in [6.07, 6.45) is 0.799. The molecular weight excluding hydrogens is 229 g/mol. The minimum absolute atomic E-state index is 0.148. The van der Waals surface area contributed by atoms with E-state index in [9.17, 15) is 4.39 Å². The molecular formula is C14H18FN3. The molecule has 0 aliphatic carbocycles. The third-order valence-electron chi connectivity index (χ3n) is 3.19. The number of aromatic nitrogens is 2. The van der Waals surface area contributed by atoms with E-state index < -0.39 is 0 Å². The Balaban J connectivity index is 2.16. The maximum Gasteiger partial charge on any atom is 0.123 e. The quantitative estimate of drug-likeness (QED) is 0.899. The first-order valence-electron chi connectivity index (χ1n) is 6.02. The Bertz CT molecular complexity index is 497. The van der Waals surface area contributed by atoms with Gasteiger partial charge < -0.3 is 5.32 Å². The van der Waals surface area contributed by atoms with Crippen molar-refractivity contribution in [1.82, 2.24) is 15.1 Å². The summed E-state index contributed by atoms with van der Waals surface area (Å²) in [5.41, 5.74) is 3.24. The molecule has 1 atom stereocenters.